The van der Waals surface area contributed by atoms with Gasteiger partial charge in [-0.1, -0.05) is 18.2 Å². The maximum atomic E-state index is 13.3. The summed E-state index contributed by atoms with van der Waals surface area (Å²) in [6.07, 6.45) is 0.196. The third-order valence-electron chi connectivity index (χ3n) is 3.85. The summed E-state index contributed by atoms with van der Waals surface area (Å²) >= 11 is 0. The minimum absolute atomic E-state index is 0.0211. The average Bonchev–Trinajstić information content (AvgIpc) is 2.60. The van der Waals surface area contributed by atoms with E-state index < -0.39 is 17.6 Å². The number of carbonyl (C=O) groups excluding carboxylic acids is 1. The molecule has 0 atom stereocenters. The van der Waals surface area contributed by atoms with Gasteiger partial charge in [0.05, 0.1) is 6.42 Å². The monoisotopic (exact) mass is 365 g/mol. The van der Waals surface area contributed by atoms with Gasteiger partial charge in [0.2, 0.25) is 5.91 Å². The van der Waals surface area contributed by atoms with Crippen molar-refractivity contribution in [1.29, 1.82) is 0 Å². The topological polar surface area (TPSA) is 57.6 Å². The number of carboxylic acid groups (broad SMARTS) is 1. The van der Waals surface area contributed by atoms with Gasteiger partial charge >= 0.3 is 5.97 Å². The average molecular weight is 365 g/mol. The summed E-state index contributed by atoms with van der Waals surface area (Å²) in [5, 5.41) is 8.84. The van der Waals surface area contributed by atoms with Gasteiger partial charge in [0, 0.05) is 19.5 Å². The maximum Gasteiger partial charge on any atom is 0.305 e. The van der Waals surface area contributed by atoms with Crippen LogP contribution >= 0.6 is 0 Å². The van der Waals surface area contributed by atoms with Gasteiger partial charge < -0.3 is 10.0 Å². The van der Waals surface area contributed by atoms with Crippen LogP contribution in [0, 0.1) is 17.5 Å². The Bertz CT molecular complexity index is 778. The van der Waals surface area contributed by atoms with Crippen molar-refractivity contribution in [2.45, 2.75) is 25.8 Å². The molecule has 26 heavy (non-hydrogen) atoms. The van der Waals surface area contributed by atoms with E-state index in [9.17, 15) is 22.8 Å². The van der Waals surface area contributed by atoms with Crippen molar-refractivity contribution in [3.63, 3.8) is 0 Å². The summed E-state index contributed by atoms with van der Waals surface area (Å²) in [5.74, 6) is -3.78. The normalized spacial score (nSPS) is 10.6. The van der Waals surface area contributed by atoms with Crippen molar-refractivity contribution in [3.05, 3.63) is 71.0 Å². The van der Waals surface area contributed by atoms with Crippen molar-refractivity contribution in [3.8, 4) is 0 Å². The summed E-state index contributed by atoms with van der Waals surface area (Å²) in [7, 11) is 0. The Morgan fingerprint density at radius 1 is 0.885 bits per heavy atom. The van der Waals surface area contributed by atoms with Gasteiger partial charge in [-0.3, -0.25) is 9.59 Å². The third kappa shape index (κ3) is 5.91. The Balaban J connectivity index is 2.04. The maximum absolute atomic E-state index is 13.3. The molecule has 0 unspecified atom stereocenters. The highest BCUT2D eigenvalue weighted by Crippen LogP contribution is 2.13. The number of halogens is 3. The number of carbonyl (C=O) groups is 2. The Morgan fingerprint density at radius 3 is 2.15 bits per heavy atom. The first-order chi connectivity index (χ1) is 12.3. The number of hydrogen-bond acceptors (Lipinski definition) is 2. The van der Waals surface area contributed by atoms with Gasteiger partial charge in [-0.25, -0.2) is 13.2 Å². The molecule has 1 N–H and O–H groups in total. The number of aryl methyl sites for hydroxylation is 1. The fourth-order valence-electron chi connectivity index (χ4n) is 2.44. The molecule has 0 aliphatic rings. The zero-order chi connectivity index (χ0) is 19.1. The predicted molar refractivity (Wildman–Crippen MR) is 88.7 cm³/mol. The lowest BCUT2D eigenvalue weighted by molar-refractivity contribution is -0.138. The predicted octanol–water partition coefficient (Wildman–Crippen LogP) is 3.54. The van der Waals surface area contributed by atoms with Crippen LogP contribution in [0.3, 0.4) is 0 Å². The largest absolute Gasteiger partial charge is 0.481 e. The number of rotatable bonds is 8. The number of hydrogen-bond donors (Lipinski definition) is 1. The Hall–Kier alpha value is -2.83. The summed E-state index contributed by atoms with van der Waals surface area (Å²) in [6.45, 7) is -0.0662. The number of carboxylic acids is 1. The van der Waals surface area contributed by atoms with Crippen molar-refractivity contribution in [2.75, 3.05) is 6.54 Å². The van der Waals surface area contributed by atoms with Gasteiger partial charge in [-0.15, -0.1) is 0 Å². The SMILES string of the molecule is O=C(O)CCN(Cc1ccc(F)c(F)c1)C(=O)CCc1ccc(F)cc1. The van der Waals surface area contributed by atoms with E-state index in [1.165, 1.54) is 23.1 Å². The molecule has 0 saturated heterocycles. The minimum atomic E-state index is -1.06. The zero-order valence-corrected chi connectivity index (χ0v) is 13.9. The highest BCUT2D eigenvalue weighted by molar-refractivity contribution is 5.77. The molecule has 1 amide bonds. The molecule has 2 rings (SSSR count). The van der Waals surface area contributed by atoms with Crippen LogP contribution in [0.2, 0.25) is 0 Å². The standard InChI is InChI=1S/C19H18F3NO3/c20-15-5-1-13(2-6-15)4-8-18(24)23(10-9-19(25)26)12-14-3-7-16(21)17(22)11-14/h1-3,5-7,11H,4,8-10,12H2,(H,25,26). The number of amides is 1. The van der Waals surface area contributed by atoms with E-state index in [-0.39, 0.29) is 37.7 Å². The molecule has 2 aromatic rings. The molecule has 0 aliphatic heterocycles. The van der Waals surface area contributed by atoms with Gasteiger partial charge in [0.25, 0.3) is 0 Å². The number of aliphatic carboxylic acids is 1. The summed E-state index contributed by atoms with van der Waals surface area (Å²) in [6, 6.07) is 9.02. The lowest BCUT2D eigenvalue weighted by Gasteiger charge is -2.22. The summed E-state index contributed by atoms with van der Waals surface area (Å²) in [5.41, 5.74) is 1.13. The molecular weight excluding hydrogens is 347 g/mol. The molecule has 2 aromatic carbocycles. The molecule has 0 bridgehead atoms. The van der Waals surface area contributed by atoms with Crippen LogP contribution < -0.4 is 0 Å². The molecule has 0 saturated carbocycles. The quantitative estimate of drug-likeness (QED) is 0.779. The smallest absolute Gasteiger partial charge is 0.305 e. The number of nitrogens with zero attached hydrogens (tertiary/aromatic N) is 1. The molecular formula is C19H18F3NO3. The molecule has 138 valence electrons. The van der Waals surface area contributed by atoms with Crippen LogP contribution in [0.1, 0.15) is 24.0 Å². The van der Waals surface area contributed by atoms with Crippen molar-refractivity contribution in [1.82, 2.24) is 4.90 Å². The molecule has 0 spiro atoms. The second kappa shape index (κ2) is 9.03. The van der Waals surface area contributed by atoms with Crippen molar-refractivity contribution < 1.29 is 27.9 Å². The van der Waals surface area contributed by atoms with Crippen LogP contribution in [0.4, 0.5) is 13.2 Å². The van der Waals surface area contributed by atoms with Gasteiger partial charge in [-0.05, 0) is 41.8 Å². The van der Waals surface area contributed by atoms with Crippen LogP contribution in [0.25, 0.3) is 0 Å². The van der Waals surface area contributed by atoms with Gasteiger partial charge in [-0.2, -0.15) is 0 Å². The molecule has 7 heteroatoms. The van der Waals surface area contributed by atoms with E-state index in [0.717, 1.165) is 17.7 Å². The molecule has 0 aromatic heterocycles. The first-order valence-corrected chi connectivity index (χ1v) is 8.03. The fraction of sp³-hybridized carbons (Fsp3) is 0.263. The fourth-order valence-corrected chi connectivity index (χ4v) is 2.44. The van der Waals surface area contributed by atoms with E-state index in [0.29, 0.717) is 12.0 Å². The lowest BCUT2D eigenvalue weighted by Crippen LogP contribution is -2.32. The van der Waals surface area contributed by atoms with Crippen LogP contribution in [-0.4, -0.2) is 28.4 Å². The lowest BCUT2D eigenvalue weighted by atomic mass is 10.1. The highest BCUT2D eigenvalue weighted by atomic mass is 19.2. The van der Waals surface area contributed by atoms with E-state index in [2.05, 4.69) is 0 Å². The van der Waals surface area contributed by atoms with Gasteiger partial charge in [0.15, 0.2) is 11.6 Å². The molecule has 0 heterocycles. The van der Waals surface area contributed by atoms with Crippen LogP contribution in [-0.2, 0) is 22.6 Å². The molecule has 4 nitrogen and oxygen atoms in total. The van der Waals surface area contributed by atoms with Crippen molar-refractivity contribution in [2.24, 2.45) is 0 Å². The van der Waals surface area contributed by atoms with Crippen LogP contribution in [0.15, 0.2) is 42.5 Å². The second-order valence-electron chi connectivity index (χ2n) is 5.83. The summed E-state index contributed by atoms with van der Waals surface area (Å²) in [4.78, 5) is 24.5. The number of benzene rings is 2. The Kier molecular flexibility index (Phi) is 6.77. The Labute approximate surface area is 148 Å². The van der Waals surface area contributed by atoms with Crippen LogP contribution in [0.5, 0.6) is 0 Å². The Morgan fingerprint density at radius 2 is 1.54 bits per heavy atom. The highest BCUT2D eigenvalue weighted by Gasteiger charge is 2.16. The van der Waals surface area contributed by atoms with Crippen molar-refractivity contribution >= 4 is 11.9 Å². The van der Waals surface area contributed by atoms with Gasteiger partial charge in [0.1, 0.15) is 5.82 Å². The van der Waals surface area contributed by atoms with E-state index in [4.69, 9.17) is 5.11 Å². The van der Waals surface area contributed by atoms with E-state index in [1.807, 2.05) is 0 Å². The zero-order valence-electron chi connectivity index (χ0n) is 13.9. The third-order valence-corrected chi connectivity index (χ3v) is 3.85. The first kappa shape index (κ1) is 19.5. The first-order valence-electron chi connectivity index (χ1n) is 8.03. The molecule has 0 fully saturated rings. The minimum Gasteiger partial charge on any atom is -0.481 e. The molecule has 0 aliphatic carbocycles. The van der Waals surface area contributed by atoms with E-state index in [1.54, 1.807) is 12.1 Å². The second-order valence-corrected chi connectivity index (χ2v) is 5.83. The summed E-state index contributed by atoms with van der Waals surface area (Å²) < 4.78 is 39.3. The molecule has 0 radical (unpaired) electrons. The van der Waals surface area contributed by atoms with E-state index >= 15 is 0 Å².